The van der Waals surface area contributed by atoms with Crippen molar-refractivity contribution >= 4 is 0 Å². The summed E-state index contributed by atoms with van der Waals surface area (Å²) in [6, 6.07) is 3.96. The maximum absolute atomic E-state index is 6.38. The van der Waals surface area contributed by atoms with Crippen molar-refractivity contribution in [2.24, 2.45) is 5.73 Å². The first-order valence-electron chi connectivity index (χ1n) is 6.18. The second kappa shape index (κ2) is 5.16. The highest BCUT2D eigenvalue weighted by atomic mass is 16.5. The molecule has 0 bridgehead atoms. The van der Waals surface area contributed by atoms with E-state index in [-0.39, 0.29) is 5.54 Å². The Balaban J connectivity index is 2.45. The zero-order valence-corrected chi connectivity index (χ0v) is 11.3. The topological polar surface area (TPSA) is 53.7 Å². The SMILES string of the molecule is COCc1cc(OC)c(C2(N)CCC2)cc1OC. The van der Waals surface area contributed by atoms with E-state index in [9.17, 15) is 0 Å². The molecule has 4 heteroatoms. The largest absolute Gasteiger partial charge is 0.496 e. The fourth-order valence-electron chi connectivity index (χ4n) is 2.45. The highest BCUT2D eigenvalue weighted by Gasteiger charge is 2.37. The lowest BCUT2D eigenvalue weighted by Gasteiger charge is -2.39. The van der Waals surface area contributed by atoms with Crippen molar-refractivity contribution in [2.75, 3.05) is 21.3 Å². The van der Waals surface area contributed by atoms with E-state index in [1.165, 1.54) is 6.42 Å². The molecule has 1 aromatic rings. The van der Waals surface area contributed by atoms with Crippen molar-refractivity contribution in [3.05, 3.63) is 23.3 Å². The number of rotatable bonds is 5. The number of methoxy groups -OCH3 is 3. The summed E-state index contributed by atoms with van der Waals surface area (Å²) >= 11 is 0. The van der Waals surface area contributed by atoms with Gasteiger partial charge in [0.05, 0.1) is 20.8 Å². The van der Waals surface area contributed by atoms with E-state index in [4.69, 9.17) is 19.9 Å². The molecule has 1 aromatic carbocycles. The van der Waals surface area contributed by atoms with E-state index >= 15 is 0 Å². The third-order valence-electron chi connectivity index (χ3n) is 3.68. The Morgan fingerprint density at radius 2 is 1.78 bits per heavy atom. The molecule has 4 nitrogen and oxygen atoms in total. The predicted octanol–water partition coefficient (Wildman–Crippen LogP) is 2.19. The third kappa shape index (κ3) is 2.18. The van der Waals surface area contributed by atoms with Gasteiger partial charge in [0, 0.05) is 23.8 Å². The summed E-state index contributed by atoms with van der Waals surface area (Å²) in [4.78, 5) is 0. The molecule has 1 saturated carbocycles. The van der Waals surface area contributed by atoms with Crippen LogP contribution in [0.25, 0.3) is 0 Å². The predicted molar refractivity (Wildman–Crippen MR) is 70.0 cm³/mol. The van der Waals surface area contributed by atoms with Gasteiger partial charge in [0.15, 0.2) is 0 Å². The lowest BCUT2D eigenvalue weighted by Crippen LogP contribution is -2.43. The minimum atomic E-state index is -0.260. The molecule has 100 valence electrons. The van der Waals surface area contributed by atoms with Crippen LogP contribution >= 0.6 is 0 Å². The van der Waals surface area contributed by atoms with Crippen molar-refractivity contribution in [2.45, 2.75) is 31.4 Å². The third-order valence-corrected chi connectivity index (χ3v) is 3.68. The lowest BCUT2D eigenvalue weighted by molar-refractivity contribution is 0.180. The minimum absolute atomic E-state index is 0.260. The average molecular weight is 251 g/mol. The van der Waals surface area contributed by atoms with E-state index in [1.807, 2.05) is 12.1 Å². The maximum Gasteiger partial charge on any atom is 0.124 e. The molecule has 0 atom stereocenters. The Morgan fingerprint density at radius 3 is 2.22 bits per heavy atom. The molecular weight excluding hydrogens is 230 g/mol. The molecule has 1 aliphatic carbocycles. The molecule has 18 heavy (non-hydrogen) atoms. The standard InChI is InChI=1S/C14H21NO3/c1-16-9-10-7-13(18-3)11(8-12(10)17-2)14(15)5-4-6-14/h7-8H,4-6,9,15H2,1-3H3. The van der Waals surface area contributed by atoms with E-state index in [2.05, 4.69) is 0 Å². The highest BCUT2D eigenvalue weighted by molar-refractivity contribution is 5.50. The Bertz CT molecular complexity index is 427. The molecule has 1 aliphatic rings. The van der Waals surface area contributed by atoms with Gasteiger partial charge in [-0.1, -0.05) is 0 Å². The number of hydrogen-bond acceptors (Lipinski definition) is 4. The van der Waals surface area contributed by atoms with Crippen LogP contribution in [0.2, 0.25) is 0 Å². The first-order chi connectivity index (χ1) is 8.64. The van der Waals surface area contributed by atoms with Crippen LogP contribution in [0.5, 0.6) is 11.5 Å². The number of benzene rings is 1. The number of ether oxygens (including phenoxy) is 3. The molecule has 2 rings (SSSR count). The van der Waals surface area contributed by atoms with Gasteiger partial charge in [-0.05, 0) is 31.4 Å². The zero-order chi connectivity index (χ0) is 13.2. The summed E-state index contributed by atoms with van der Waals surface area (Å²) in [6.45, 7) is 0.497. The average Bonchev–Trinajstić information content (AvgIpc) is 2.35. The van der Waals surface area contributed by atoms with Crippen LogP contribution in [0, 0.1) is 0 Å². The summed E-state index contributed by atoms with van der Waals surface area (Å²) in [5, 5.41) is 0. The summed E-state index contributed by atoms with van der Waals surface area (Å²) in [7, 11) is 4.99. The highest BCUT2D eigenvalue weighted by Crippen LogP contribution is 2.45. The van der Waals surface area contributed by atoms with Gasteiger partial charge in [-0.2, -0.15) is 0 Å². The molecule has 0 unspecified atom stereocenters. The Hall–Kier alpha value is -1.26. The van der Waals surface area contributed by atoms with Gasteiger partial charge < -0.3 is 19.9 Å². The van der Waals surface area contributed by atoms with Gasteiger partial charge in [-0.3, -0.25) is 0 Å². The van der Waals surface area contributed by atoms with Crippen LogP contribution in [0.1, 0.15) is 30.4 Å². The molecule has 0 spiro atoms. The number of hydrogen-bond donors (Lipinski definition) is 1. The van der Waals surface area contributed by atoms with Gasteiger partial charge in [0.1, 0.15) is 11.5 Å². The van der Waals surface area contributed by atoms with Crippen molar-refractivity contribution in [1.82, 2.24) is 0 Å². The lowest BCUT2D eigenvalue weighted by atomic mass is 9.72. The smallest absolute Gasteiger partial charge is 0.124 e. The summed E-state index contributed by atoms with van der Waals surface area (Å²) < 4.78 is 16.0. The molecule has 0 heterocycles. The van der Waals surface area contributed by atoms with E-state index in [0.717, 1.165) is 35.5 Å². The second-order valence-electron chi connectivity index (χ2n) is 4.81. The zero-order valence-electron chi connectivity index (χ0n) is 11.3. The fraction of sp³-hybridized carbons (Fsp3) is 0.571. The summed E-state index contributed by atoms with van der Waals surface area (Å²) in [5.74, 6) is 1.63. The Labute approximate surface area is 108 Å². The van der Waals surface area contributed by atoms with Crippen molar-refractivity contribution in [3.8, 4) is 11.5 Å². The molecule has 0 radical (unpaired) electrons. The van der Waals surface area contributed by atoms with Crippen LogP contribution in [0.3, 0.4) is 0 Å². The molecule has 0 aliphatic heterocycles. The normalized spacial score (nSPS) is 17.1. The van der Waals surface area contributed by atoms with Gasteiger partial charge in [-0.15, -0.1) is 0 Å². The van der Waals surface area contributed by atoms with Gasteiger partial charge >= 0.3 is 0 Å². The monoisotopic (exact) mass is 251 g/mol. The maximum atomic E-state index is 6.38. The molecule has 1 fully saturated rings. The molecule has 0 saturated heterocycles. The first-order valence-corrected chi connectivity index (χ1v) is 6.18. The Kier molecular flexibility index (Phi) is 3.78. The number of nitrogens with two attached hydrogens (primary N) is 1. The van der Waals surface area contributed by atoms with E-state index < -0.39 is 0 Å². The van der Waals surface area contributed by atoms with Crippen molar-refractivity contribution in [1.29, 1.82) is 0 Å². The molecular formula is C14H21NO3. The Morgan fingerprint density at radius 1 is 1.11 bits per heavy atom. The van der Waals surface area contributed by atoms with Crippen LogP contribution in [0.4, 0.5) is 0 Å². The fourth-order valence-corrected chi connectivity index (χ4v) is 2.45. The van der Waals surface area contributed by atoms with E-state index in [1.54, 1.807) is 21.3 Å². The van der Waals surface area contributed by atoms with Crippen molar-refractivity contribution in [3.63, 3.8) is 0 Å². The summed E-state index contributed by atoms with van der Waals surface area (Å²) in [5.41, 5.74) is 8.13. The van der Waals surface area contributed by atoms with Crippen LogP contribution < -0.4 is 15.2 Å². The quantitative estimate of drug-likeness (QED) is 0.871. The second-order valence-corrected chi connectivity index (χ2v) is 4.81. The molecule has 2 N–H and O–H groups in total. The minimum Gasteiger partial charge on any atom is -0.496 e. The first kappa shape index (κ1) is 13.2. The van der Waals surface area contributed by atoms with Crippen LogP contribution in [-0.2, 0) is 16.9 Å². The van der Waals surface area contributed by atoms with E-state index in [0.29, 0.717) is 6.61 Å². The van der Waals surface area contributed by atoms with Crippen LogP contribution in [-0.4, -0.2) is 21.3 Å². The molecule has 0 aromatic heterocycles. The van der Waals surface area contributed by atoms with Crippen LogP contribution in [0.15, 0.2) is 12.1 Å². The molecule has 0 amide bonds. The van der Waals surface area contributed by atoms with Gasteiger partial charge in [0.25, 0.3) is 0 Å². The van der Waals surface area contributed by atoms with Crippen molar-refractivity contribution < 1.29 is 14.2 Å². The summed E-state index contributed by atoms with van der Waals surface area (Å²) in [6.07, 6.45) is 3.16. The van der Waals surface area contributed by atoms with Gasteiger partial charge in [-0.25, -0.2) is 0 Å². The van der Waals surface area contributed by atoms with Gasteiger partial charge in [0.2, 0.25) is 0 Å².